The zero-order valence-corrected chi connectivity index (χ0v) is 20.9. The highest BCUT2D eigenvalue weighted by molar-refractivity contribution is 5.78. The predicted octanol–water partition coefficient (Wildman–Crippen LogP) is 3.36. The number of rotatable bonds is 10. The quantitative estimate of drug-likeness (QED) is 0.353. The van der Waals surface area contributed by atoms with Crippen molar-refractivity contribution < 1.29 is 14.2 Å². The molecule has 0 saturated heterocycles. The Balaban J connectivity index is 1.78. The number of imidazole rings is 1. The van der Waals surface area contributed by atoms with Crippen LogP contribution >= 0.6 is 0 Å². The molecular formula is C27H30FN5O4. The van der Waals surface area contributed by atoms with E-state index in [0.29, 0.717) is 29.8 Å². The normalized spacial score (nSPS) is 13.5. The summed E-state index contributed by atoms with van der Waals surface area (Å²) >= 11 is 0. The number of aliphatic hydroxyl groups excluding tert-OH is 1. The SMILES string of the molecule is CC(C)n1c(=O)n(CCCO)c(=O)c2c1nc(-c1cccnc1OCC1CC1)n2Cc1ccc(F)cc1. The molecule has 194 valence electrons. The lowest BCUT2D eigenvalue weighted by molar-refractivity contribution is 0.277. The first kappa shape index (κ1) is 24.9. The molecule has 1 aromatic carbocycles. The Morgan fingerprint density at radius 2 is 1.89 bits per heavy atom. The van der Waals surface area contributed by atoms with Crippen LogP contribution in [0.15, 0.2) is 52.2 Å². The number of hydrogen-bond donors (Lipinski definition) is 1. The van der Waals surface area contributed by atoms with Gasteiger partial charge in [-0.1, -0.05) is 12.1 Å². The lowest BCUT2D eigenvalue weighted by Crippen LogP contribution is -2.41. The number of ether oxygens (including phenoxy) is 1. The Bertz CT molecular complexity index is 1530. The van der Waals surface area contributed by atoms with Crippen molar-refractivity contribution in [1.82, 2.24) is 23.7 Å². The molecule has 1 aliphatic carbocycles. The van der Waals surface area contributed by atoms with Crippen LogP contribution in [0, 0.1) is 11.7 Å². The van der Waals surface area contributed by atoms with Crippen LogP contribution in [-0.4, -0.2) is 42.0 Å². The van der Waals surface area contributed by atoms with E-state index in [1.165, 1.54) is 16.7 Å². The highest BCUT2D eigenvalue weighted by Gasteiger charge is 2.27. The molecule has 10 heteroatoms. The number of aliphatic hydroxyl groups is 1. The van der Waals surface area contributed by atoms with Crippen LogP contribution in [-0.2, 0) is 13.1 Å². The number of nitrogens with zero attached hydrogens (tertiary/aromatic N) is 5. The molecule has 9 nitrogen and oxygen atoms in total. The zero-order chi connectivity index (χ0) is 26.1. The lowest BCUT2D eigenvalue weighted by atomic mass is 10.2. The molecule has 1 N–H and O–H groups in total. The standard InChI is InChI=1S/C27H30FN5O4/c1-17(2)33-24-22(26(35)31(27(33)36)13-4-14-34)32(15-18-8-10-20(28)11-9-18)23(30-24)21-5-3-12-29-25(21)37-16-19-6-7-19/h3,5,8-12,17,19,34H,4,6-7,13-16H2,1-2H3. The van der Waals surface area contributed by atoms with Gasteiger partial charge in [-0.05, 0) is 68.9 Å². The maximum Gasteiger partial charge on any atom is 0.332 e. The molecule has 1 aliphatic rings. The summed E-state index contributed by atoms with van der Waals surface area (Å²) < 4.78 is 24.1. The minimum Gasteiger partial charge on any atom is -0.477 e. The predicted molar refractivity (Wildman–Crippen MR) is 137 cm³/mol. The Morgan fingerprint density at radius 1 is 1.14 bits per heavy atom. The van der Waals surface area contributed by atoms with Gasteiger partial charge in [0, 0.05) is 31.9 Å². The number of hydrogen-bond acceptors (Lipinski definition) is 6. The first-order chi connectivity index (χ1) is 17.9. The first-order valence-electron chi connectivity index (χ1n) is 12.6. The second-order valence-corrected chi connectivity index (χ2v) is 9.71. The first-order valence-corrected chi connectivity index (χ1v) is 12.6. The summed E-state index contributed by atoms with van der Waals surface area (Å²) in [5.41, 5.74) is 0.910. The number of aromatic nitrogens is 5. The van der Waals surface area contributed by atoms with Gasteiger partial charge < -0.3 is 14.4 Å². The van der Waals surface area contributed by atoms with E-state index in [0.717, 1.165) is 23.0 Å². The monoisotopic (exact) mass is 507 g/mol. The van der Waals surface area contributed by atoms with Gasteiger partial charge in [0.15, 0.2) is 11.2 Å². The van der Waals surface area contributed by atoms with Gasteiger partial charge in [-0.3, -0.25) is 13.9 Å². The third kappa shape index (κ3) is 4.93. The molecule has 37 heavy (non-hydrogen) atoms. The summed E-state index contributed by atoms with van der Waals surface area (Å²) in [7, 11) is 0. The number of halogens is 1. The molecule has 0 bridgehead atoms. The summed E-state index contributed by atoms with van der Waals surface area (Å²) in [4.78, 5) is 36.4. The lowest BCUT2D eigenvalue weighted by Gasteiger charge is -2.15. The number of pyridine rings is 1. The highest BCUT2D eigenvalue weighted by atomic mass is 19.1. The van der Waals surface area contributed by atoms with Crippen molar-refractivity contribution in [3.63, 3.8) is 0 Å². The van der Waals surface area contributed by atoms with Crippen LogP contribution in [0.3, 0.4) is 0 Å². The smallest absolute Gasteiger partial charge is 0.332 e. The summed E-state index contributed by atoms with van der Waals surface area (Å²) in [6.45, 7) is 4.41. The zero-order valence-electron chi connectivity index (χ0n) is 20.9. The molecule has 0 amide bonds. The van der Waals surface area contributed by atoms with Crippen LogP contribution < -0.4 is 16.0 Å². The maximum absolute atomic E-state index is 13.7. The molecule has 1 saturated carbocycles. The fourth-order valence-electron chi connectivity index (χ4n) is 4.44. The number of benzene rings is 1. The van der Waals surface area contributed by atoms with Crippen LogP contribution in [0.4, 0.5) is 4.39 Å². The summed E-state index contributed by atoms with van der Waals surface area (Å²) in [5, 5.41) is 9.36. The minimum absolute atomic E-state index is 0.0799. The van der Waals surface area contributed by atoms with Gasteiger partial charge in [0.1, 0.15) is 11.6 Å². The fraction of sp³-hybridized carbons (Fsp3) is 0.407. The Morgan fingerprint density at radius 3 is 2.57 bits per heavy atom. The van der Waals surface area contributed by atoms with Crippen molar-refractivity contribution in [1.29, 1.82) is 0 Å². The molecule has 0 unspecified atom stereocenters. The van der Waals surface area contributed by atoms with Crippen molar-refractivity contribution in [2.45, 2.75) is 52.2 Å². The van der Waals surface area contributed by atoms with Gasteiger partial charge in [0.25, 0.3) is 5.56 Å². The summed E-state index contributed by atoms with van der Waals surface area (Å²) in [6.07, 6.45) is 4.16. The largest absolute Gasteiger partial charge is 0.477 e. The van der Waals surface area contributed by atoms with Gasteiger partial charge in [-0.25, -0.2) is 19.2 Å². The molecule has 0 spiro atoms. The van der Waals surface area contributed by atoms with Crippen LogP contribution in [0.2, 0.25) is 0 Å². The van der Waals surface area contributed by atoms with E-state index in [1.54, 1.807) is 29.0 Å². The summed E-state index contributed by atoms with van der Waals surface area (Å²) in [6, 6.07) is 9.37. The number of fused-ring (bicyclic) bond motifs is 1. The molecule has 0 radical (unpaired) electrons. The van der Waals surface area contributed by atoms with Gasteiger partial charge in [0.05, 0.1) is 12.2 Å². The minimum atomic E-state index is -0.490. The molecular weight excluding hydrogens is 477 g/mol. The van der Waals surface area contributed by atoms with Crippen LogP contribution in [0.25, 0.3) is 22.6 Å². The van der Waals surface area contributed by atoms with Crippen molar-refractivity contribution in [2.75, 3.05) is 13.2 Å². The average molecular weight is 508 g/mol. The third-order valence-electron chi connectivity index (χ3n) is 6.54. The molecule has 0 atom stereocenters. The molecule has 3 aromatic heterocycles. The van der Waals surface area contributed by atoms with E-state index in [-0.39, 0.29) is 49.1 Å². The van der Waals surface area contributed by atoms with E-state index >= 15 is 0 Å². The van der Waals surface area contributed by atoms with E-state index in [1.807, 2.05) is 19.9 Å². The Hall–Kier alpha value is -3.79. The van der Waals surface area contributed by atoms with Crippen molar-refractivity contribution in [3.05, 3.63) is 74.8 Å². The molecule has 3 heterocycles. The average Bonchev–Trinajstić information content (AvgIpc) is 3.64. The van der Waals surface area contributed by atoms with Gasteiger partial charge in [-0.2, -0.15) is 0 Å². The van der Waals surface area contributed by atoms with Crippen molar-refractivity contribution >= 4 is 11.2 Å². The molecule has 0 aliphatic heterocycles. The van der Waals surface area contributed by atoms with Gasteiger partial charge in [-0.15, -0.1) is 0 Å². The van der Waals surface area contributed by atoms with Gasteiger partial charge in [0.2, 0.25) is 5.88 Å². The van der Waals surface area contributed by atoms with Crippen LogP contribution in [0.1, 0.15) is 44.7 Å². The van der Waals surface area contributed by atoms with E-state index in [4.69, 9.17) is 9.72 Å². The highest BCUT2D eigenvalue weighted by Crippen LogP contribution is 2.33. The molecule has 4 aromatic rings. The second kappa shape index (κ2) is 10.3. The summed E-state index contributed by atoms with van der Waals surface area (Å²) in [5.74, 6) is 0.994. The maximum atomic E-state index is 13.7. The van der Waals surface area contributed by atoms with E-state index in [9.17, 15) is 19.1 Å². The molecule has 5 rings (SSSR count). The second-order valence-electron chi connectivity index (χ2n) is 9.71. The molecule has 1 fully saturated rings. The van der Waals surface area contributed by atoms with E-state index in [2.05, 4.69) is 4.98 Å². The van der Waals surface area contributed by atoms with Gasteiger partial charge >= 0.3 is 5.69 Å². The van der Waals surface area contributed by atoms with Crippen LogP contribution in [0.5, 0.6) is 5.88 Å². The van der Waals surface area contributed by atoms with Crippen molar-refractivity contribution in [2.24, 2.45) is 5.92 Å². The topological polar surface area (TPSA) is 104 Å². The van der Waals surface area contributed by atoms with E-state index < -0.39 is 11.2 Å². The van der Waals surface area contributed by atoms with Crippen molar-refractivity contribution in [3.8, 4) is 17.3 Å². The fourth-order valence-corrected chi connectivity index (χ4v) is 4.44. The Labute approximate surface area is 212 Å². The third-order valence-corrected chi connectivity index (χ3v) is 6.54. The Kier molecular flexibility index (Phi) is 6.92.